The second kappa shape index (κ2) is 17.5. The number of nitrogens with zero attached hydrogens (tertiary/aromatic N) is 3. The van der Waals surface area contributed by atoms with Gasteiger partial charge in [0.05, 0.1) is 19.6 Å². The first-order valence-electron chi connectivity index (χ1n) is 15.7. The van der Waals surface area contributed by atoms with Crippen LogP contribution in [0.3, 0.4) is 0 Å². The topological polar surface area (TPSA) is 160 Å². The Morgan fingerprint density at radius 1 is 0.431 bits per heavy atom. The number of halogens is 3. The van der Waals surface area contributed by atoms with Crippen LogP contribution in [0.25, 0.3) is 0 Å². The molecule has 12 nitrogen and oxygen atoms in total. The van der Waals surface area contributed by atoms with Crippen molar-refractivity contribution in [2.24, 2.45) is 15.0 Å². The quantitative estimate of drug-likeness (QED) is 0.145. The maximum absolute atomic E-state index is 13.5. The first-order chi connectivity index (χ1) is 23.5. The van der Waals surface area contributed by atoms with E-state index in [4.69, 9.17) is 0 Å². The zero-order valence-corrected chi connectivity index (χ0v) is 29.6. The minimum atomic E-state index is -0.467. The zero-order chi connectivity index (χ0) is 32.9. The summed E-state index contributed by atoms with van der Waals surface area (Å²) in [5.41, 5.74) is 4.90. The third-order valence-corrected chi connectivity index (χ3v) is 7.99. The molecule has 3 aliphatic heterocycles. The number of amidine groups is 3. The standard InChI is InChI=1S/C36H33N9O3.3ClH/c46-34(43-28-7-1-22(2-8-28)31-37-13-14-38-31)25-19-26(35(47)44-29-9-3-23(4-10-29)32-39-15-16-40-32)21-27(20-25)36(48)45-30-11-5-24(6-12-30)33-41-17-18-42-33;;;/h1-12,19-21H,13-18H2,(H,37,38)(H,39,40)(H,41,42)(H,43,46)(H,44,47)(H,45,48);3*1H. The van der Waals surface area contributed by atoms with Crippen molar-refractivity contribution in [2.45, 2.75) is 0 Å². The lowest BCUT2D eigenvalue weighted by molar-refractivity contribution is 0.102. The van der Waals surface area contributed by atoms with Gasteiger partial charge in [0.2, 0.25) is 0 Å². The predicted molar refractivity (Wildman–Crippen MR) is 210 cm³/mol. The molecule has 0 saturated carbocycles. The highest BCUT2D eigenvalue weighted by Crippen LogP contribution is 2.20. The van der Waals surface area contributed by atoms with Gasteiger partial charge in [0.15, 0.2) is 0 Å². The van der Waals surface area contributed by atoms with Crippen LogP contribution in [0.4, 0.5) is 17.1 Å². The lowest BCUT2D eigenvalue weighted by atomic mass is 10.0. The Bertz CT molecular complexity index is 1740. The van der Waals surface area contributed by atoms with Crippen LogP contribution in [0.1, 0.15) is 47.8 Å². The molecule has 0 radical (unpaired) electrons. The summed E-state index contributed by atoms with van der Waals surface area (Å²) in [6.45, 7) is 4.57. The Hall–Kier alpha value is -5.43. The minimum absolute atomic E-state index is 0. The summed E-state index contributed by atoms with van der Waals surface area (Å²) in [6, 6.07) is 26.4. The van der Waals surface area contributed by atoms with Crippen LogP contribution >= 0.6 is 37.2 Å². The third-order valence-electron chi connectivity index (χ3n) is 7.99. The van der Waals surface area contributed by atoms with E-state index in [0.717, 1.165) is 73.5 Å². The van der Waals surface area contributed by atoms with Crippen LogP contribution < -0.4 is 31.9 Å². The van der Waals surface area contributed by atoms with Crippen LogP contribution in [0.5, 0.6) is 0 Å². The van der Waals surface area contributed by atoms with Crippen molar-refractivity contribution >= 4 is 89.5 Å². The molecule has 0 aromatic heterocycles. The third kappa shape index (κ3) is 9.23. The van der Waals surface area contributed by atoms with Crippen molar-refractivity contribution in [3.8, 4) is 0 Å². The maximum Gasteiger partial charge on any atom is 0.255 e. The van der Waals surface area contributed by atoms with E-state index in [0.29, 0.717) is 17.1 Å². The second-order valence-corrected chi connectivity index (χ2v) is 11.4. The van der Waals surface area contributed by atoms with Gasteiger partial charge in [-0.25, -0.2) is 0 Å². The van der Waals surface area contributed by atoms with Gasteiger partial charge in [-0.3, -0.25) is 29.4 Å². The van der Waals surface area contributed by atoms with Gasteiger partial charge in [0.1, 0.15) is 17.5 Å². The van der Waals surface area contributed by atoms with Gasteiger partial charge in [0.25, 0.3) is 17.7 Å². The van der Waals surface area contributed by atoms with Crippen molar-refractivity contribution in [2.75, 3.05) is 55.2 Å². The van der Waals surface area contributed by atoms with Gasteiger partial charge >= 0.3 is 0 Å². The number of rotatable bonds is 9. The summed E-state index contributed by atoms with van der Waals surface area (Å²) in [4.78, 5) is 53.8. The van der Waals surface area contributed by atoms with E-state index in [1.807, 2.05) is 36.4 Å². The fourth-order valence-electron chi connectivity index (χ4n) is 5.54. The molecule has 4 aromatic rings. The van der Waals surface area contributed by atoms with E-state index < -0.39 is 17.7 Å². The van der Waals surface area contributed by atoms with Crippen molar-refractivity contribution in [1.29, 1.82) is 0 Å². The normalized spacial score (nSPS) is 14.0. The SMILES string of the molecule is Cl.Cl.Cl.O=C(Nc1ccc(C2=NCCN2)cc1)c1cc(C(=O)Nc2ccc(C3=NCCN3)cc2)cc(C(=O)Nc2ccc(C3=NCCN3)cc2)c1. The van der Waals surface area contributed by atoms with E-state index in [2.05, 4.69) is 46.9 Å². The zero-order valence-electron chi connectivity index (χ0n) is 27.2. The largest absolute Gasteiger partial charge is 0.368 e. The van der Waals surface area contributed by atoms with Gasteiger partial charge in [-0.15, -0.1) is 37.2 Å². The lowest BCUT2D eigenvalue weighted by Crippen LogP contribution is -2.20. The van der Waals surface area contributed by atoms with E-state index >= 15 is 0 Å². The van der Waals surface area contributed by atoms with E-state index in [-0.39, 0.29) is 53.9 Å². The van der Waals surface area contributed by atoms with E-state index in [1.165, 1.54) is 18.2 Å². The molecule has 4 aromatic carbocycles. The summed E-state index contributed by atoms with van der Waals surface area (Å²) in [5, 5.41) is 18.3. The Morgan fingerprint density at radius 3 is 0.902 bits per heavy atom. The van der Waals surface area contributed by atoms with Crippen molar-refractivity contribution in [3.05, 3.63) is 124 Å². The minimum Gasteiger partial charge on any atom is -0.368 e. The van der Waals surface area contributed by atoms with Crippen LogP contribution in [0.15, 0.2) is 106 Å². The monoisotopic (exact) mass is 747 g/mol. The molecule has 0 fully saturated rings. The molecule has 0 aliphatic carbocycles. The highest BCUT2D eigenvalue weighted by atomic mass is 35.5. The molecule has 3 amide bonds. The fourth-order valence-corrected chi connectivity index (χ4v) is 5.54. The molecule has 15 heteroatoms. The number of hydrogen-bond acceptors (Lipinski definition) is 9. The average Bonchev–Trinajstić information content (AvgIpc) is 3.94. The maximum atomic E-state index is 13.5. The Kier molecular flexibility index (Phi) is 13.2. The van der Waals surface area contributed by atoms with Crippen LogP contribution in [0.2, 0.25) is 0 Å². The smallest absolute Gasteiger partial charge is 0.255 e. The van der Waals surface area contributed by atoms with Crippen molar-refractivity contribution in [1.82, 2.24) is 16.0 Å². The Morgan fingerprint density at radius 2 is 0.686 bits per heavy atom. The summed E-state index contributed by atoms with van der Waals surface area (Å²) >= 11 is 0. The van der Waals surface area contributed by atoms with Crippen LogP contribution in [-0.4, -0.2) is 74.5 Å². The van der Waals surface area contributed by atoms with Crippen LogP contribution in [-0.2, 0) is 0 Å². The number of carbonyl (C=O) groups excluding carboxylic acids is 3. The lowest BCUT2D eigenvalue weighted by Gasteiger charge is -2.13. The number of aliphatic imine (C=N–C) groups is 3. The molecule has 0 atom stereocenters. The highest BCUT2D eigenvalue weighted by molar-refractivity contribution is 6.13. The number of hydrogen-bond donors (Lipinski definition) is 6. The fraction of sp³-hybridized carbons (Fsp3) is 0.167. The number of anilines is 3. The summed E-state index contributed by atoms with van der Waals surface area (Å²) in [6.07, 6.45) is 0. The van der Waals surface area contributed by atoms with Gasteiger partial charge < -0.3 is 31.9 Å². The Balaban J connectivity index is 0.00000194. The molecule has 0 saturated heterocycles. The number of carbonyl (C=O) groups is 3. The highest BCUT2D eigenvalue weighted by Gasteiger charge is 2.19. The van der Waals surface area contributed by atoms with E-state index in [9.17, 15) is 14.4 Å². The molecular weight excluding hydrogens is 713 g/mol. The average molecular weight is 749 g/mol. The number of benzene rings is 4. The molecular formula is C36H36Cl3N9O3. The van der Waals surface area contributed by atoms with Crippen molar-refractivity contribution in [3.63, 3.8) is 0 Å². The first-order valence-corrected chi connectivity index (χ1v) is 15.7. The molecule has 0 bridgehead atoms. The molecule has 3 aliphatic rings. The van der Waals surface area contributed by atoms with Crippen LogP contribution in [0, 0.1) is 0 Å². The van der Waals surface area contributed by atoms with Crippen molar-refractivity contribution < 1.29 is 14.4 Å². The molecule has 264 valence electrons. The molecule has 3 heterocycles. The summed E-state index contributed by atoms with van der Waals surface area (Å²) in [5.74, 6) is 1.06. The predicted octanol–water partition coefficient (Wildman–Crippen LogP) is 4.76. The molecule has 51 heavy (non-hydrogen) atoms. The second-order valence-electron chi connectivity index (χ2n) is 11.4. The first kappa shape index (κ1) is 38.4. The summed E-state index contributed by atoms with van der Waals surface area (Å²) in [7, 11) is 0. The molecule has 7 rings (SSSR count). The van der Waals surface area contributed by atoms with Gasteiger partial charge in [-0.1, -0.05) is 0 Å². The van der Waals surface area contributed by atoms with E-state index in [1.54, 1.807) is 36.4 Å². The molecule has 0 unspecified atom stereocenters. The van der Waals surface area contributed by atoms with Gasteiger partial charge in [-0.2, -0.15) is 0 Å². The molecule has 6 N–H and O–H groups in total. The number of amides is 3. The Labute approximate surface area is 313 Å². The molecule has 0 spiro atoms. The number of nitrogens with one attached hydrogen (secondary N) is 6. The van der Waals surface area contributed by atoms with Gasteiger partial charge in [-0.05, 0) is 91.0 Å². The van der Waals surface area contributed by atoms with Gasteiger partial charge in [0, 0.05) is 70.1 Å². The summed E-state index contributed by atoms with van der Waals surface area (Å²) < 4.78 is 0.